The number of halogens is 1. The first-order valence-corrected chi connectivity index (χ1v) is 6.71. The molecule has 1 N–H and O–H groups in total. The molecule has 0 radical (unpaired) electrons. The number of thiophene rings is 1. The molecule has 1 heterocycles. The standard InChI is InChI=1S/C12H9FO2S2/c13-10-4-3-8(12(14)15)6-9(10)7-17-11-2-1-5-16-11/h1-6H,7H2,(H,14,15). The number of benzene rings is 1. The van der Waals surface area contributed by atoms with Crippen molar-refractivity contribution in [3.8, 4) is 0 Å². The molecule has 1 aromatic heterocycles. The fourth-order valence-corrected chi connectivity index (χ4v) is 3.07. The highest BCUT2D eigenvalue weighted by Crippen LogP contribution is 2.28. The zero-order chi connectivity index (χ0) is 12.3. The molecule has 0 unspecified atom stereocenters. The van der Waals surface area contributed by atoms with Gasteiger partial charge < -0.3 is 5.11 Å². The Labute approximate surface area is 106 Å². The number of carboxylic acids is 1. The molecule has 2 aromatic rings. The van der Waals surface area contributed by atoms with Gasteiger partial charge in [0, 0.05) is 5.75 Å². The molecule has 0 amide bonds. The summed E-state index contributed by atoms with van der Waals surface area (Å²) in [7, 11) is 0. The van der Waals surface area contributed by atoms with Gasteiger partial charge in [-0.05, 0) is 35.2 Å². The predicted octanol–water partition coefficient (Wildman–Crippen LogP) is 3.88. The number of rotatable bonds is 4. The summed E-state index contributed by atoms with van der Waals surface area (Å²) >= 11 is 3.08. The van der Waals surface area contributed by atoms with Crippen LogP contribution in [0.2, 0.25) is 0 Å². The highest BCUT2D eigenvalue weighted by molar-refractivity contribution is 8.00. The van der Waals surface area contributed by atoms with Crippen molar-refractivity contribution in [1.29, 1.82) is 0 Å². The van der Waals surface area contributed by atoms with E-state index in [1.165, 1.54) is 30.0 Å². The zero-order valence-electron chi connectivity index (χ0n) is 8.72. The minimum absolute atomic E-state index is 0.119. The van der Waals surface area contributed by atoms with E-state index < -0.39 is 5.97 Å². The van der Waals surface area contributed by atoms with Gasteiger partial charge in [0.15, 0.2) is 0 Å². The minimum atomic E-state index is -1.03. The van der Waals surface area contributed by atoms with E-state index >= 15 is 0 Å². The fraction of sp³-hybridized carbons (Fsp3) is 0.0833. The quantitative estimate of drug-likeness (QED) is 0.855. The summed E-state index contributed by atoms with van der Waals surface area (Å²) in [4.78, 5) is 10.8. The molecule has 0 saturated heterocycles. The maximum atomic E-state index is 13.5. The molecule has 0 aliphatic carbocycles. The number of hydrogen-bond donors (Lipinski definition) is 1. The van der Waals surface area contributed by atoms with Gasteiger partial charge in [0.1, 0.15) is 5.82 Å². The molecule has 0 aliphatic rings. The minimum Gasteiger partial charge on any atom is -0.478 e. The maximum absolute atomic E-state index is 13.5. The monoisotopic (exact) mass is 268 g/mol. The van der Waals surface area contributed by atoms with Crippen LogP contribution in [0.5, 0.6) is 0 Å². The Kier molecular flexibility index (Phi) is 3.81. The lowest BCUT2D eigenvalue weighted by Gasteiger charge is -2.03. The van der Waals surface area contributed by atoms with Crippen molar-refractivity contribution in [3.63, 3.8) is 0 Å². The largest absolute Gasteiger partial charge is 0.478 e. The van der Waals surface area contributed by atoms with Gasteiger partial charge >= 0.3 is 5.97 Å². The summed E-state index contributed by atoms with van der Waals surface area (Å²) in [6, 6.07) is 7.74. The van der Waals surface area contributed by atoms with E-state index in [0.717, 1.165) is 4.21 Å². The van der Waals surface area contributed by atoms with Gasteiger partial charge in [-0.2, -0.15) is 0 Å². The van der Waals surface area contributed by atoms with E-state index in [9.17, 15) is 9.18 Å². The third-order valence-electron chi connectivity index (χ3n) is 2.16. The highest BCUT2D eigenvalue weighted by Gasteiger charge is 2.08. The van der Waals surface area contributed by atoms with Gasteiger partial charge in [0.05, 0.1) is 9.77 Å². The molecule has 2 nitrogen and oxygen atoms in total. The van der Waals surface area contributed by atoms with E-state index in [1.54, 1.807) is 11.3 Å². The summed E-state index contributed by atoms with van der Waals surface area (Å²) in [5.74, 6) is -0.959. The molecule has 0 atom stereocenters. The SMILES string of the molecule is O=C(O)c1ccc(F)c(CSc2cccs2)c1. The van der Waals surface area contributed by atoms with Crippen molar-refractivity contribution < 1.29 is 14.3 Å². The Morgan fingerprint density at radius 1 is 1.41 bits per heavy atom. The normalized spacial score (nSPS) is 10.4. The van der Waals surface area contributed by atoms with Crippen LogP contribution in [0.3, 0.4) is 0 Å². The van der Waals surface area contributed by atoms with E-state index in [4.69, 9.17) is 5.11 Å². The highest BCUT2D eigenvalue weighted by atomic mass is 32.2. The predicted molar refractivity (Wildman–Crippen MR) is 67.2 cm³/mol. The molecule has 17 heavy (non-hydrogen) atoms. The van der Waals surface area contributed by atoms with Crippen LogP contribution in [0.4, 0.5) is 4.39 Å². The van der Waals surface area contributed by atoms with Crippen molar-refractivity contribution in [2.45, 2.75) is 9.96 Å². The van der Waals surface area contributed by atoms with Gasteiger partial charge in [-0.25, -0.2) is 9.18 Å². The Balaban J connectivity index is 2.14. The molecular formula is C12H9FO2S2. The molecule has 2 rings (SSSR count). The molecule has 0 aliphatic heterocycles. The molecule has 5 heteroatoms. The fourth-order valence-electron chi connectivity index (χ4n) is 1.31. The summed E-state index contributed by atoms with van der Waals surface area (Å²) in [5, 5.41) is 10.8. The molecule has 1 aromatic carbocycles. The van der Waals surface area contributed by atoms with Crippen LogP contribution in [-0.2, 0) is 5.75 Å². The summed E-state index contributed by atoms with van der Waals surface area (Å²) in [6.07, 6.45) is 0. The smallest absolute Gasteiger partial charge is 0.335 e. The average molecular weight is 268 g/mol. The molecule has 0 saturated carbocycles. The Hall–Kier alpha value is -1.33. The Morgan fingerprint density at radius 3 is 2.88 bits per heavy atom. The molecule has 0 bridgehead atoms. The lowest BCUT2D eigenvalue weighted by Crippen LogP contribution is -1.98. The van der Waals surface area contributed by atoms with Crippen LogP contribution in [0.1, 0.15) is 15.9 Å². The van der Waals surface area contributed by atoms with Crippen LogP contribution in [0.15, 0.2) is 39.9 Å². The van der Waals surface area contributed by atoms with E-state index in [1.807, 2.05) is 17.5 Å². The molecule has 0 spiro atoms. The second kappa shape index (κ2) is 5.33. The van der Waals surface area contributed by atoms with Gasteiger partial charge in [0.25, 0.3) is 0 Å². The Morgan fingerprint density at radius 2 is 2.24 bits per heavy atom. The van der Waals surface area contributed by atoms with Crippen LogP contribution in [0.25, 0.3) is 0 Å². The van der Waals surface area contributed by atoms with E-state index in [0.29, 0.717) is 11.3 Å². The third-order valence-corrected chi connectivity index (χ3v) is 4.34. The van der Waals surface area contributed by atoms with Gasteiger partial charge in [-0.1, -0.05) is 6.07 Å². The third kappa shape index (κ3) is 3.08. The number of carbonyl (C=O) groups is 1. The molecular weight excluding hydrogens is 259 g/mol. The van der Waals surface area contributed by atoms with Crippen LogP contribution < -0.4 is 0 Å². The van der Waals surface area contributed by atoms with Crippen molar-refractivity contribution in [3.05, 3.63) is 52.7 Å². The van der Waals surface area contributed by atoms with E-state index in [2.05, 4.69) is 0 Å². The first-order chi connectivity index (χ1) is 8.16. The second-order valence-electron chi connectivity index (χ2n) is 3.33. The van der Waals surface area contributed by atoms with Crippen molar-refractivity contribution in [2.75, 3.05) is 0 Å². The zero-order valence-corrected chi connectivity index (χ0v) is 10.4. The second-order valence-corrected chi connectivity index (χ2v) is 5.56. The van der Waals surface area contributed by atoms with Crippen molar-refractivity contribution in [1.82, 2.24) is 0 Å². The lowest BCUT2D eigenvalue weighted by atomic mass is 10.1. The van der Waals surface area contributed by atoms with Crippen molar-refractivity contribution in [2.24, 2.45) is 0 Å². The van der Waals surface area contributed by atoms with Crippen LogP contribution >= 0.6 is 23.1 Å². The van der Waals surface area contributed by atoms with Crippen molar-refractivity contribution >= 4 is 29.1 Å². The maximum Gasteiger partial charge on any atom is 0.335 e. The van der Waals surface area contributed by atoms with Gasteiger partial charge in [0.2, 0.25) is 0 Å². The topological polar surface area (TPSA) is 37.3 Å². The number of hydrogen-bond acceptors (Lipinski definition) is 3. The first-order valence-electron chi connectivity index (χ1n) is 4.85. The Bertz CT molecular complexity index is 523. The summed E-state index contributed by atoms with van der Waals surface area (Å²) in [6.45, 7) is 0. The lowest BCUT2D eigenvalue weighted by molar-refractivity contribution is 0.0696. The summed E-state index contributed by atoms with van der Waals surface area (Å²) in [5.41, 5.74) is 0.538. The molecule has 88 valence electrons. The number of aromatic carboxylic acids is 1. The van der Waals surface area contributed by atoms with Crippen LogP contribution in [-0.4, -0.2) is 11.1 Å². The van der Waals surface area contributed by atoms with Crippen LogP contribution in [0, 0.1) is 5.82 Å². The number of carboxylic acid groups (broad SMARTS) is 1. The summed E-state index contributed by atoms with van der Waals surface area (Å²) < 4.78 is 14.5. The van der Waals surface area contributed by atoms with Gasteiger partial charge in [-0.15, -0.1) is 23.1 Å². The molecule has 0 fully saturated rings. The first kappa shape index (κ1) is 12.1. The average Bonchev–Trinajstić information content (AvgIpc) is 2.80. The number of thioether (sulfide) groups is 1. The van der Waals surface area contributed by atoms with Gasteiger partial charge in [-0.3, -0.25) is 0 Å². The van der Waals surface area contributed by atoms with E-state index in [-0.39, 0.29) is 11.4 Å².